The first-order valence-corrected chi connectivity index (χ1v) is 10.7. The van der Waals surface area contributed by atoms with Crippen molar-refractivity contribution in [3.05, 3.63) is 70.8 Å². The van der Waals surface area contributed by atoms with Crippen LogP contribution in [0.2, 0.25) is 0 Å². The average molecular weight is 381 g/mol. The molecule has 0 N–H and O–H groups in total. The first-order chi connectivity index (χ1) is 12.9. The van der Waals surface area contributed by atoms with Crippen molar-refractivity contribution >= 4 is 0 Å². The summed E-state index contributed by atoms with van der Waals surface area (Å²) in [6.07, 6.45) is 2.05. The van der Waals surface area contributed by atoms with Crippen LogP contribution in [0.4, 0.5) is 0 Å². The van der Waals surface area contributed by atoms with E-state index in [4.69, 9.17) is 4.74 Å². The van der Waals surface area contributed by atoms with E-state index in [1.807, 2.05) is 7.11 Å². The average Bonchev–Trinajstić information content (AvgIpc) is 2.65. The van der Waals surface area contributed by atoms with Crippen molar-refractivity contribution in [1.82, 2.24) is 0 Å². The number of benzene rings is 2. The maximum absolute atomic E-state index is 6.02. The Morgan fingerprint density at radius 2 is 1.14 bits per heavy atom. The molecule has 0 heterocycles. The summed E-state index contributed by atoms with van der Waals surface area (Å²) in [5, 5.41) is 0. The first-order valence-electron chi connectivity index (χ1n) is 10.7. The molecular formula is C27H40O. The zero-order valence-corrected chi connectivity index (χ0v) is 19.5. The smallest absolute Gasteiger partial charge is 0.0899 e. The minimum Gasteiger partial charge on any atom is -0.374 e. The van der Waals surface area contributed by atoms with Crippen LogP contribution in [0.5, 0.6) is 0 Å². The molecule has 1 atom stereocenters. The Kier molecular flexibility index (Phi) is 6.82. The lowest BCUT2D eigenvalue weighted by molar-refractivity contribution is -0.0110. The second-order valence-electron chi connectivity index (χ2n) is 10.4. The van der Waals surface area contributed by atoms with Gasteiger partial charge in [0.2, 0.25) is 0 Å². The van der Waals surface area contributed by atoms with Gasteiger partial charge in [0, 0.05) is 7.11 Å². The van der Waals surface area contributed by atoms with Crippen molar-refractivity contribution in [2.45, 2.75) is 90.6 Å². The molecule has 0 aromatic heterocycles. The van der Waals surface area contributed by atoms with E-state index in [0.29, 0.717) is 5.92 Å². The fraction of sp³-hybridized carbons (Fsp3) is 0.556. The summed E-state index contributed by atoms with van der Waals surface area (Å²) in [5.41, 5.74) is 5.46. The maximum Gasteiger partial charge on any atom is 0.0899 e. The highest BCUT2D eigenvalue weighted by atomic mass is 16.5. The van der Waals surface area contributed by atoms with E-state index in [1.165, 1.54) is 22.3 Å². The lowest BCUT2D eigenvalue weighted by atomic mass is 9.75. The zero-order chi connectivity index (χ0) is 21.2. The number of hydrogen-bond acceptors (Lipinski definition) is 1. The molecule has 0 spiro atoms. The maximum atomic E-state index is 6.02. The summed E-state index contributed by atoms with van der Waals surface area (Å²) in [6.45, 7) is 18.2. The molecule has 28 heavy (non-hydrogen) atoms. The third-order valence-corrected chi connectivity index (χ3v) is 6.40. The van der Waals surface area contributed by atoms with Gasteiger partial charge >= 0.3 is 0 Å². The Hall–Kier alpha value is -1.60. The third-order valence-electron chi connectivity index (χ3n) is 6.40. The van der Waals surface area contributed by atoms with Crippen LogP contribution < -0.4 is 0 Å². The monoisotopic (exact) mass is 380 g/mol. The molecule has 0 aliphatic heterocycles. The summed E-state index contributed by atoms with van der Waals surface area (Å²) in [4.78, 5) is 0. The Morgan fingerprint density at radius 3 is 1.57 bits per heavy atom. The Balaban J connectivity index is 2.16. The number of ether oxygens (including phenoxy) is 1. The molecule has 2 aromatic rings. The van der Waals surface area contributed by atoms with Crippen LogP contribution in [-0.4, -0.2) is 7.11 Å². The highest BCUT2D eigenvalue weighted by Gasteiger charge is 2.31. The second-order valence-corrected chi connectivity index (χ2v) is 10.4. The van der Waals surface area contributed by atoms with Gasteiger partial charge in [-0.15, -0.1) is 0 Å². The Bertz CT molecular complexity index is 744. The Labute approximate surface area is 173 Å². The van der Waals surface area contributed by atoms with Crippen LogP contribution in [0.15, 0.2) is 48.5 Å². The van der Waals surface area contributed by atoms with Gasteiger partial charge in [-0.3, -0.25) is 0 Å². The van der Waals surface area contributed by atoms with Crippen LogP contribution in [0.3, 0.4) is 0 Å². The van der Waals surface area contributed by atoms with Gasteiger partial charge in [0.25, 0.3) is 0 Å². The molecule has 0 amide bonds. The Morgan fingerprint density at radius 1 is 0.679 bits per heavy atom. The minimum atomic E-state index is -0.266. The minimum absolute atomic E-state index is 0.105. The van der Waals surface area contributed by atoms with Crippen LogP contribution in [0.1, 0.15) is 96.4 Å². The quantitative estimate of drug-likeness (QED) is 0.477. The van der Waals surface area contributed by atoms with E-state index < -0.39 is 0 Å². The molecule has 2 aromatic carbocycles. The van der Waals surface area contributed by atoms with Gasteiger partial charge in [0.05, 0.1) is 5.60 Å². The molecule has 1 heteroatoms. The normalized spacial score (nSPS) is 14.9. The van der Waals surface area contributed by atoms with E-state index in [1.54, 1.807) is 0 Å². The fourth-order valence-corrected chi connectivity index (χ4v) is 3.70. The SMILES string of the molecule is COC(C)(CCC(C)(C)c1ccc(C(C)(C)C)cc1)c1ccc(C(C)C)cc1. The summed E-state index contributed by atoms with van der Waals surface area (Å²) in [6, 6.07) is 18.2. The fourth-order valence-electron chi connectivity index (χ4n) is 3.70. The molecule has 1 unspecified atom stereocenters. The number of rotatable bonds is 7. The molecular weight excluding hydrogens is 340 g/mol. The van der Waals surface area contributed by atoms with Gasteiger partial charge in [0.1, 0.15) is 0 Å². The molecule has 154 valence electrons. The third kappa shape index (κ3) is 5.26. The van der Waals surface area contributed by atoms with Gasteiger partial charge in [-0.2, -0.15) is 0 Å². The molecule has 0 radical (unpaired) electrons. The lowest BCUT2D eigenvalue weighted by Crippen LogP contribution is -2.28. The molecule has 2 rings (SSSR count). The van der Waals surface area contributed by atoms with Crippen molar-refractivity contribution in [2.24, 2.45) is 0 Å². The molecule has 0 bridgehead atoms. The van der Waals surface area contributed by atoms with Crippen molar-refractivity contribution in [3.8, 4) is 0 Å². The van der Waals surface area contributed by atoms with Gasteiger partial charge < -0.3 is 4.74 Å². The summed E-state index contributed by atoms with van der Waals surface area (Å²) in [5.74, 6) is 0.554. The standard InChI is InChI=1S/C27H40O/c1-20(2)21-10-12-24(13-11-21)27(8,28-9)19-18-26(6,7)23-16-14-22(15-17-23)25(3,4)5/h10-17,20H,18-19H2,1-9H3. The van der Waals surface area contributed by atoms with E-state index in [0.717, 1.165) is 12.8 Å². The zero-order valence-electron chi connectivity index (χ0n) is 19.5. The summed E-state index contributed by atoms with van der Waals surface area (Å²) in [7, 11) is 1.83. The predicted molar refractivity (Wildman–Crippen MR) is 122 cm³/mol. The van der Waals surface area contributed by atoms with E-state index in [-0.39, 0.29) is 16.4 Å². The topological polar surface area (TPSA) is 9.23 Å². The van der Waals surface area contributed by atoms with Gasteiger partial charge in [-0.1, -0.05) is 97.0 Å². The van der Waals surface area contributed by atoms with Gasteiger partial charge in [0.15, 0.2) is 0 Å². The molecule has 0 saturated carbocycles. The molecule has 0 aliphatic rings. The van der Waals surface area contributed by atoms with Crippen molar-refractivity contribution < 1.29 is 4.74 Å². The first kappa shape index (κ1) is 22.7. The van der Waals surface area contributed by atoms with Gasteiger partial charge in [-0.05, 0) is 58.8 Å². The van der Waals surface area contributed by atoms with Crippen molar-refractivity contribution in [1.29, 1.82) is 0 Å². The molecule has 0 fully saturated rings. The van der Waals surface area contributed by atoms with Crippen LogP contribution in [-0.2, 0) is 21.2 Å². The second kappa shape index (κ2) is 8.41. The lowest BCUT2D eigenvalue weighted by Gasteiger charge is -2.34. The summed E-state index contributed by atoms with van der Waals surface area (Å²) < 4.78 is 6.02. The molecule has 1 nitrogen and oxygen atoms in total. The van der Waals surface area contributed by atoms with E-state index in [9.17, 15) is 0 Å². The summed E-state index contributed by atoms with van der Waals surface area (Å²) >= 11 is 0. The van der Waals surface area contributed by atoms with Crippen LogP contribution >= 0.6 is 0 Å². The number of hydrogen-bond donors (Lipinski definition) is 0. The van der Waals surface area contributed by atoms with E-state index in [2.05, 4.69) is 104 Å². The van der Waals surface area contributed by atoms with Crippen LogP contribution in [0.25, 0.3) is 0 Å². The van der Waals surface area contributed by atoms with Crippen molar-refractivity contribution in [3.63, 3.8) is 0 Å². The molecule has 0 aliphatic carbocycles. The predicted octanol–water partition coefficient (Wildman–Crippen LogP) is 7.73. The van der Waals surface area contributed by atoms with E-state index >= 15 is 0 Å². The molecule has 0 saturated heterocycles. The van der Waals surface area contributed by atoms with Crippen molar-refractivity contribution in [2.75, 3.05) is 7.11 Å². The van der Waals surface area contributed by atoms with Crippen LogP contribution in [0, 0.1) is 0 Å². The highest BCUT2D eigenvalue weighted by molar-refractivity contribution is 5.32. The highest BCUT2D eigenvalue weighted by Crippen LogP contribution is 2.37. The largest absolute Gasteiger partial charge is 0.374 e. The van der Waals surface area contributed by atoms with Gasteiger partial charge in [-0.25, -0.2) is 0 Å². The number of methoxy groups -OCH3 is 1.